The first-order valence-corrected chi connectivity index (χ1v) is 7.75. The summed E-state index contributed by atoms with van der Waals surface area (Å²) in [7, 11) is 0. The van der Waals surface area contributed by atoms with Crippen molar-refractivity contribution in [2.45, 2.75) is 6.92 Å². The van der Waals surface area contributed by atoms with Crippen LogP contribution in [-0.2, 0) is 0 Å². The third kappa shape index (κ3) is 4.21. The van der Waals surface area contributed by atoms with E-state index in [9.17, 15) is 4.79 Å². The molecule has 0 bridgehead atoms. The Bertz CT molecular complexity index is 925. The molecule has 0 atom stereocenters. The SMILES string of the molecule is Cc1ccc(Nc2ccnc(C(=O)Nc3ccc(C#N)cc3)c2)cc1. The number of nitriles is 1. The second-order valence-corrected chi connectivity index (χ2v) is 5.56. The second-order valence-electron chi connectivity index (χ2n) is 5.56. The zero-order valence-electron chi connectivity index (χ0n) is 13.7. The number of pyridine rings is 1. The van der Waals surface area contributed by atoms with E-state index < -0.39 is 0 Å². The Kier molecular flexibility index (Phi) is 4.72. The van der Waals surface area contributed by atoms with Crippen LogP contribution in [-0.4, -0.2) is 10.9 Å². The molecule has 0 aliphatic carbocycles. The minimum absolute atomic E-state index is 0.307. The van der Waals surface area contributed by atoms with Gasteiger partial charge in [-0.1, -0.05) is 17.7 Å². The molecule has 0 saturated heterocycles. The Morgan fingerprint density at radius 1 is 0.960 bits per heavy atom. The lowest BCUT2D eigenvalue weighted by molar-refractivity contribution is 0.102. The highest BCUT2D eigenvalue weighted by atomic mass is 16.1. The van der Waals surface area contributed by atoms with Crippen LogP contribution in [0.5, 0.6) is 0 Å². The second kappa shape index (κ2) is 7.28. The number of rotatable bonds is 4. The fourth-order valence-electron chi connectivity index (χ4n) is 2.26. The van der Waals surface area contributed by atoms with Crippen LogP contribution in [0.25, 0.3) is 0 Å². The fourth-order valence-corrected chi connectivity index (χ4v) is 2.26. The van der Waals surface area contributed by atoms with Crippen molar-refractivity contribution in [3.63, 3.8) is 0 Å². The zero-order chi connectivity index (χ0) is 17.6. The molecular weight excluding hydrogens is 312 g/mol. The van der Waals surface area contributed by atoms with Gasteiger partial charge in [-0.3, -0.25) is 9.78 Å². The first-order valence-electron chi connectivity index (χ1n) is 7.75. The maximum atomic E-state index is 12.4. The van der Waals surface area contributed by atoms with Crippen molar-refractivity contribution in [2.24, 2.45) is 0 Å². The van der Waals surface area contributed by atoms with Crippen molar-refractivity contribution in [3.05, 3.63) is 83.7 Å². The third-order valence-corrected chi connectivity index (χ3v) is 3.60. The van der Waals surface area contributed by atoms with Crippen molar-refractivity contribution >= 4 is 23.0 Å². The van der Waals surface area contributed by atoms with Gasteiger partial charge in [-0.05, 0) is 55.5 Å². The minimum atomic E-state index is -0.308. The lowest BCUT2D eigenvalue weighted by Gasteiger charge is -2.09. The molecule has 0 spiro atoms. The largest absolute Gasteiger partial charge is 0.355 e. The van der Waals surface area contributed by atoms with Crippen molar-refractivity contribution < 1.29 is 4.79 Å². The van der Waals surface area contributed by atoms with Crippen molar-refractivity contribution in [1.29, 1.82) is 5.26 Å². The topological polar surface area (TPSA) is 77.8 Å². The third-order valence-electron chi connectivity index (χ3n) is 3.60. The molecule has 122 valence electrons. The van der Waals surface area contributed by atoms with Gasteiger partial charge in [0, 0.05) is 23.3 Å². The summed E-state index contributed by atoms with van der Waals surface area (Å²) >= 11 is 0. The van der Waals surface area contributed by atoms with E-state index >= 15 is 0 Å². The molecule has 5 heteroatoms. The van der Waals surface area contributed by atoms with Gasteiger partial charge in [0.1, 0.15) is 5.69 Å². The number of carbonyl (C=O) groups excluding carboxylic acids is 1. The van der Waals surface area contributed by atoms with Gasteiger partial charge in [0.05, 0.1) is 11.6 Å². The van der Waals surface area contributed by atoms with Crippen molar-refractivity contribution in [1.82, 2.24) is 4.98 Å². The average molecular weight is 328 g/mol. The Morgan fingerprint density at radius 3 is 2.32 bits per heavy atom. The standard InChI is InChI=1S/C20H16N4O/c1-14-2-6-16(7-3-14)23-18-10-11-22-19(12-18)20(25)24-17-8-4-15(13-21)5-9-17/h2-12H,1H3,(H,22,23)(H,24,25). The summed E-state index contributed by atoms with van der Waals surface area (Å²) in [4.78, 5) is 16.5. The van der Waals surface area contributed by atoms with E-state index in [0.717, 1.165) is 11.4 Å². The molecule has 25 heavy (non-hydrogen) atoms. The molecule has 2 N–H and O–H groups in total. The quantitative estimate of drug-likeness (QED) is 0.750. The van der Waals surface area contributed by atoms with Gasteiger partial charge in [-0.2, -0.15) is 5.26 Å². The highest BCUT2D eigenvalue weighted by molar-refractivity contribution is 6.03. The molecule has 0 aliphatic rings. The van der Waals surface area contributed by atoms with E-state index in [1.54, 1.807) is 42.6 Å². The van der Waals surface area contributed by atoms with E-state index in [0.29, 0.717) is 16.9 Å². The number of aryl methyl sites for hydroxylation is 1. The van der Waals surface area contributed by atoms with Gasteiger partial charge in [0.25, 0.3) is 5.91 Å². The summed E-state index contributed by atoms with van der Waals surface area (Å²) in [6, 6.07) is 20.2. The molecule has 0 radical (unpaired) electrons. The molecule has 0 aliphatic heterocycles. The van der Waals surface area contributed by atoms with E-state index in [1.807, 2.05) is 37.3 Å². The van der Waals surface area contributed by atoms with Gasteiger partial charge < -0.3 is 10.6 Å². The first kappa shape index (κ1) is 16.2. The highest BCUT2D eigenvalue weighted by Gasteiger charge is 2.09. The summed E-state index contributed by atoms with van der Waals surface area (Å²) in [5, 5.41) is 14.8. The summed E-state index contributed by atoms with van der Waals surface area (Å²) in [5.74, 6) is -0.308. The van der Waals surface area contributed by atoms with E-state index in [-0.39, 0.29) is 5.91 Å². The molecule has 3 rings (SSSR count). The summed E-state index contributed by atoms with van der Waals surface area (Å²) in [5.41, 5.74) is 4.37. The Labute approximate surface area is 146 Å². The molecular formula is C20H16N4O. The van der Waals surface area contributed by atoms with Crippen LogP contribution in [0, 0.1) is 18.3 Å². The number of nitrogens with zero attached hydrogens (tertiary/aromatic N) is 2. The number of anilines is 3. The van der Waals surface area contributed by atoms with Gasteiger partial charge in [0.2, 0.25) is 0 Å². The van der Waals surface area contributed by atoms with Crippen LogP contribution >= 0.6 is 0 Å². The van der Waals surface area contributed by atoms with Crippen LogP contribution in [0.4, 0.5) is 17.1 Å². The monoisotopic (exact) mass is 328 g/mol. The van der Waals surface area contributed by atoms with E-state index in [4.69, 9.17) is 5.26 Å². The van der Waals surface area contributed by atoms with Crippen LogP contribution in [0.2, 0.25) is 0 Å². The first-order chi connectivity index (χ1) is 12.1. The van der Waals surface area contributed by atoms with Crippen molar-refractivity contribution in [3.8, 4) is 6.07 Å². The van der Waals surface area contributed by atoms with Gasteiger partial charge >= 0.3 is 0 Å². The number of benzene rings is 2. The van der Waals surface area contributed by atoms with Gasteiger partial charge in [0.15, 0.2) is 0 Å². The van der Waals surface area contributed by atoms with E-state index in [2.05, 4.69) is 15.6 Å². The number of nitrogens with one attached hydrogen (secondary N) is 2. The number of hydrogen-bond acceptors (Lipinski definition) is 4. The molecule has 0 unspecified atom stereocenters. The van der Waals surface area contributed by atoms with Gasteiger partial charge in [-0.15, -0.1) is 0 Å². The van der Waals surface area contributed by atoms with Crippen LogP contribution in [0.15, 0.2) is 66.9 Å². The summed E-state index contributed by atoms with van der Waals surface area (Å²) < 4.78 is 0. The normalized spacial score (nSPS) is 9.92. The molecule has 1 aromatic heterocycles. The minimum Gasteiger partial charge on any atom is -0.355 e. The molecule has 5 nitrogen and oxygen atoms in total. The fraction of sp³-hybridized carbons (Fsp3) is 0.0500. The Hall–Kier alpha value is -3.65. The smallest absolute Gasteiger partial charge is 0.274 e. The number of aromatic nitrogens is 1. The predicted octanol–water partition coefficient (Wildman–Crippen LogP) is 4.26. The molecule has 2 aromatic carbocycles. The summed E-state index contributed by atoms with van der Waals surface area (Å²) in [6.45, 7) is 2.03. The molecule has 3 aromatic rings. The highest BCUT2D eigenvalue weighted by Crippen LogP contribution is 2.18. The Morgan fingerprint density at radius 2 is 1.64 bits per heavy atom. The lowest BCUT2D eigenvalue weighted by atomic mass is 10.2. The van der Waals surface area contributed by atoms with Crippen molar-refractivity contribution in [2.75, 3.05) is 10.6 Å². The maximum Gasteiger partial charge on any atom is 0.274 e. The zero-order valence-corrected chi connectivity index (χ0v) is 13.7. The summed E-state index contributed by atoms with van der Waals surface area (Å²) in [6.07, 6.45) is 1.59. The maximum absolute atomic E-state index is 12.4. The molecule has 1 amide bonds. The number of hydrogen-bond donors (Lipinski definition) is 2. The van der Waals surface area contributed by atoms with Crippen LogP contribution in [0.3, 0.4) is 0 Å². The number of carbonyl (C=O) groups is 1. The Balaban J connectivity index is 1.72. The molecule has 0 fully saturated rings. The van der Waals surface area contributed by atoms with E-state index in [1.165, 1.54) is 5.56 Å². The number of amides is 1. The van der Waals surface area contributed by atoms with Gasteiger partial charge in [-0.25, -0.2) is 0 Å². The average Bonchev–Trinajstić information content (AvgIpc) is 2.64. The van der Waals surface area contributed by atoms with Crippen LogP contribution in [0.1, 0.15) is 21.6 Å². The predicted molar refractivity (Wildman–Crippen MR) is 97.8 cm³/mol. The lowest BCUT2D eigenvalue weighted by Crippen LogP contribution is -2.13. The molecule has 0 saturated carbocycles. The van der Waals surface area contributed by atoms with Crippen LogP contribution < -0.4 is 10.6 Å². The molecule has 1 heterocycles.